The fourth-order valence-corrected chi connectivity index (χ4v) is 3.28. The predicted molar refractivity (Wildman–Crippen MR) is 93.5 cm³/mol. The second-order valence-corrected chi connectivity index (χ2v) is 6.49. The molecule has 0 saturated carbocycles. The molecule has 23 heavy (non-hydrogen) atoms. The molecule has 2 aromatic carbocycles. The van der Waals surface area contributed by atoms with Gasteiger partial charge in [0.15, 0.2) is 0 Å². The molecule has 0 spiro atoms. The second-order valence-electron chi connectivity index (χ2n) is 6.05. The largest absolute Gasteiger partial charge is 0.355 e. The Morgan fingerprint density at radius 1 is 1.09 bits per heavy atom. The van der Waals surface area contributed by atoms with Crippen molar-refractivity contribution in [3.63, 3.8) is 0 Å². The lowest BCUT2D eigenvalue weighted by atomic mass is 9.96. The third kappa shape index (κ3) is 3.74. The molecule has 3 nitrogen and oxygen atoms in total. The van der Waals surface area contributed by atoms with E-state index in [-0.39, 0.29) is 17.9 Å². The predicted octanol–water partition coefficient (Wildman–Crippen LogP) is 3.50. The van der Waals surface area contributed by atoms with Crippen LogP contribution in [0.2, 0.25) is 5.02 Å². The van der Waals surface area contributed by atoms with E-state index in [0.717, 1.165) is 18.1 Å². The molecule has 2 unspecified atom stereocenters. The molecule has 3 rings (SSSR count). The lowest BCUT2D eigenvalue weighted by Crippen LogP contribution is -2.34. The molecule has 1 aliphatic rings. The minimum atomic E-state index is -0.0176. The summed E-state index contributed by atoms with van der Waals surface area (Å²) in [7, 11) is 0. The number of rotatable bonds is 3. The Kier molecular flexibility index (Phi) is 4.99. The fraction of sp³-hybridized carbons (Fsp3) is 0.316. The SMILES string of the molecule is CC1CN(C(c2ccccc2)c2ccc(Cl)cc2)CCNC1=O. The van der Waals surface area contributed by atoms with E-state index in [9.17, 15) is 4.79 Å². The van der Waals surface area contributed by atoms with E-state index >= 15 is 0 Å². The molecule has 1 aliphatic heterocycles. The number of hydrogen-bond acceptors (Lipinski definition) is 2. The summed E-state index contributed by atoms with van der Waals surface area (Å²) in [6.07, 6.45) is 0. The van der Waals surface area contributed by atoms with Gasteiger partial charge in [-0.05, 0) is 23.3 Å². The number of carbonyl (C=O) groups is 1. The minimum absolute atomic E-state index is 0.0176. The Hall–Kier alpha value is -1.84. The Morgan fingerprint density at radius 3 is 2.43 bits per heavy atom. The van der Waals surface area contributed by atoms with Crippen LogP contribution < -0.4 is 5.32 Å². The van der Waals surface area contributed by atoms with Crippen molar-refractivity contribution in [3.05, 3.63) is 70.7 Å². The highest BCUT2D eigenvalue weighted by Crippen LogP contribution is 2.30. The number of nitrogens with one attached hydrogen (secondary N) is 1. The first-order valence-corrected chi connectivity index (χ1v) is 8.35. The molecular formula is C19H21ClN2O. The third-order valence-electron chi connectivity index (χ3n) is 4.32. The van der Waals surface area contributed by atoms with Crippen LogP contribution in [-0.4, -0.2) is 30.4 Å². The van der Waals surface area contributed by atoms with Crippen LogP contribution >= 0.6 is 11.6 Å². The van der Waals surface area contributed by atoms with Gasteiger partial charge in [0.25, 0.3) is 0 Å². The third-order valence-corrected chi connectivity index (χ3v) is 4.57. The molecule has 2 atom stereocenters. The highest BCUT2D eigenvalue weighted by Gasteiger charge is 2.28. The fourth-order valence-electron chi connectivity index (χ4n) is 3.15. The summed E-state index contributed by atoms with van der Waals surface area (Å²) in [5.41, 5.74) is 2.43. The maximum absolute atomic E-state index is 11.9. The molecule has 0 aromatic heterocycles. The summed E-state index contributed by atoms with van der Waals surface area (Å²) in [6, 6.07) is 18.6. The molecule has 1 N–H and O–H groups in total. The van der Waals surface area contributed by atoms with Crippen LogP contribution in [0.4, 0.5) is 0 Å². The smallest absolute Gasteiger partial charge is 0.224 e. The maximum Gasteiger partial charge on any atom is 0.224 e. The molecule has 1 fully saturated rings. The average molecular weight is 329 g/mol. The molecule has 1 saturated heterocycles. The average Bonchev–Trinajstić information content (AvgIpc) is 2.72. The zero-order valence-electron chi connectivity index (χ0n) is 13.2. The van der Waals surface area contributed by atoms with Gasteiger partial charge >= 0.3 is 0 Å². The topological polar surface area (TPSA) is 32.3 Å². The number of nitrogens with zero attached hydrogens (tertiary/aromatic N) is 1. The summed E-state index contributed by atoms with van der Waals surface area (Å²) in [5.74, 6) is 0.117. The van der Waals surface area contributed by atoms with Gasteiger partial charge in [0.2, 0.25) is 5.91 Å². The molecule has 2 aromatic rings. The van der Waals surface area contributed by atoms with Gasteiger partial charge in [-0.25, -0.2) is 0 Å². The van der Waals surface area contributed by atoms with Crippen molar-refractivity contribution in [2.24, 2.45) is 5.92 Å². The summed E-state index contributed by atoms with van der Waals surface area (Å²) < 4.78 is 0. The first-order valence-electron chi connectivity index (χ1n) is 7.97. The van der Waals surface area contributed by atoms with Crippen LogP contribution in [-0.2, 0) is 4.79 Å². The van der Waals surface area contributed by atoms with Gasteiger partial charge < -0.3 is 5.32 Å². The maximum atomic E-state index is 11.9. The van der Waals surface area contributed by atoms with Crippen LogP contribution in [0, 0.1) is 5.92 Å². The first-order chi connectivity index (χ1) is 11.1. The molecule has 1 heterocycles. The molecule has 1 amide bonds. The van der Waals surface area contributed by atoms with Gasteiger partial charge in [-0.3, -0.25) is 9.69 Å². The summed E-state index contributed by atoms with van der Waals surface area (Å²) in [4.78, 5) is 14.3. The van der Waals surface area contributed by atoms with Gasteiger partial charge in [0, 0.05) is 30.6 Å². The summed E-state index contributed by atoms with van der Waals surface area (Å²) in [5, 5.41) is 3.73. The normalized spacial score (nSPS) is 20.6. The first kappa shape index (κ1) is 16.0. The van der Waals surface area contributed by atoms with Crippen molar-refractivity contribution in [2.45, 2.75) is 13.0 Å². The van der Waals surface area contributed by atoms with Gasteiger partial charge in [-0.2, -0.15) is 0 Å². The lowest BCUT2D eigenvalue weighted by molar-refractivity contribution is -0.124. The van der Waals surface area contributed by atoms with E-state index in [4.69, 9.17) is 11.6 Å². The molecule has 0 bridgehead atoms. The Morgan fingerprint density at radius 2 is 1.74 bits per heavy atom. The van der Waals surface area contributed by atoms with Gasteiger partial charge in [0.05, 0.1) is 6.04 Å². The van der Waals surface area contributed by atoms with Crippen molar-refractivity contribution in [1.82, 2.24) is 10.2 Å². The Balaban J connectivity index is 1.98. The van der Waals surface area contributed by atoms with E-state index in [1.807, 2.05) is 25.1 Å². The number of benzene rings is 2. The van der Waals surface area contributed by atoms with Crippen molar-refractivity contribution in [3.8, 4) is 0 Å². The van der Waals surface area contributed by atoms with Gasteiger partial charge in [-0.15, -0.1) is 0 Å². The molecule has 0 aliphatic carbocycles. The summed E-state index contributed by atoms with van der Waals surface area (Å²) in [6.45, 7) is 4.24. The van der Waals surface area contributed by atoms with Gasteiger partial charge in [-0.1, -0.05) is 61.0 Å². The zero-order valence-corrected chi connectivity index (χ0v) is 14.0. The molecule has 120 valence electrons. The van der Waals surface area contributed by atoms with Crippen LogP contribution in [0.5, 0.6) is 0 Å². The van der Waals surface area contributed by atoms with Crippen LogP contribution in [0.15, 0.2) is 54.6 Å². The van der Waals surface area contributed by atoms with Crippen molar-refractivity contribution in [1.29, 1.82) is 0 Å². The molecule has 0 radical (unpaired) electrons. The lowest BCUT2D eigenvalue weighted by Gasteiger charge is -2.32. The quantitative estimate of drug-likeness (QED) is 0.935. The standard InChI is InChI=1S/C19H21ClN2O/c1-14-13-22(12-11-21-19(14)23)18(15-5-3-2-4-6-15)16-7-9-17(20)10-8-16/h2-10,14,18H,11-13H2,1H3,(H,21,23). The van der Waals surface area contributed by atoms with E-state index in [2.05, 4.69) is 46.6 Å². The molecule has 4 heteroatoms. The minimum Gasteiger partial charge on any atom is -0.355 e. The molecular weight excluding hydrogens is 308 g/mol. The van der Waals surface area contributed by atoms with Crippen LogP contribution in [0.1, 0.15) is 24.1 Å². The number of halogens is 1. The van der Waals surface area contributed by atoms with Crippen molar-refractivity contribution in [2.75, 3.05) is 19.6 Å². The zero-order chi connectivity index (χ0) is 16.2. The highest BCUT2D eigenvalue weighted by molar-refractivity contribution is 6.30. The van der Waals surface area contributed by atoms with Crippen molar-refractivity contribution >= 4 is 17.5 Å². The highest BCUT2D eigenvalue weighted by atomic mass is 35.5. The van der Waals surface area contributed by atoms with E-state index in [1.165, 1.54) is 11.1 Å². The van der Waals surface area contributed by atoms with E-state index < -0.39 is 0 Å². The number of amides is 1. The Labute approximate surface area is 142 Å². The van der Waals surface area contributed by atoms with Crippen LogP contribution in [0.3, 0.4) is 0 Å². The van der Waals surface area contributed by atoms with Crippen molar-refractivity contribution < 1.29 is 4.79 Å². The van der Waals surface area contributed by atoms with Crippen LogP contribution in [0.25, 0.3) is 0 Å². The Bertz CT molecular complexity index is 657. The second kappa shape index (κ2) is 7.16. The number of hydrogen-bond donors (Lipinski definition) is 1. The van der Waals surface area contributed by atoms with E-state index in [1.54, 1.807) is 0 Å². The van der Waals surface area contributed by atoms with E-state index in [0.29, 0.717) is 6.54 Å². The number of carbonyl (C=O) groups excluding carboxylic acids is 1. The van der Waals surface area contributed by atoms with Gasteiger partial charge in [0.1, 0.15) is 0 Å². The monoisotopic (exact) mass is 328 g/mol. The summed E-state index contributed by atoms with van der Waals surface area (Å²) >= 11 is 6.05.